The van der Waals surface area contributed by atoms with Gasteiger partial charge in [-0.05, 0) is 24.5 Å². The molecular formula is C14H16N4O3. The SMILES string of the molecule is Cc1ccccc1CCC(=O)Nc1cn(CC(=O)O)nn1. The Balaban J connectivity index is 1.86. The topological polar surface area (TPSA) is 97.1 Å². The summed E-state index contributed by atoms with van der Waals surface area (Å²) in [6.45, 7) is 1.72. The van der Waals surface area contributed by atoms with E-state index in [2.05, 4.69) is 15.6 Å². The van der Waals surface area contributed by atoms with Crippen LogP contribution < -0.4 is 5.32 Å². The summed E-state index contributed by atoms with van der Waals surface area (Å²) >= 11 is 0. The molecule has 1 aromatic carbocycles. The molecule has 0 saturated carbocycles. The number of carbonyl (C=O) groups excluding carboxylic acids is 1. The predicted octanol–water partition coefficient (Wildman–Crippen LogP) is 1.24. The summed E-state index contributed by atoms with van der Waals surface area (Å²) in [5.41, 5.74) is 2.28. The fraction of sp³-hybridized carbons (Fsp3) is 0.286. The summed E-state index contributed by atoms with van der Waals surface area (Å²) in [7, 11) is 0. The van der Waals surface area contributed by atoms with Gasteiger partial charge in [-0.15, -0.1) is 5.10 Å². The molecule has 0 bridgehead atoms. The number of nitrogens with zero attached hydrogens (tertiary/aromatic N) is 3. The first-order valence-electron chi connectivity index (χ1n) is 6.51. The van der Waals surface area contributed by atoms with Crippen molar-refractivity contribution in [2.45, 2.75) is 26.3 Å². The highest BCUT2D eigenvalue weighted by Gasteiger charge is 2.08. The molecule has 1 heterocycles. The van der Waals surface area contributed by atoms with Gasteiger partial charge in [-0.1, -0.05) is 29.5 Å². The summed E-state index contributed by atoms with van der Waals surface area (Å²) in [4.78, 5) is 22.3. The van der Waals surface area contributed by atoms with Crippen LogP contribution in [0.15, 0.2) is 30.5 Å². The third-order valence-corrected chi connectivity index (χ3v) is 2.99. The zero-order valence-electron chi connectivity index (χ0n) is 11.6. The molecule has 0 aliphatic rings. The Morgan fingerprint density at radius 3 is 2.81 bits per heavy atom. The van der Waals surface area contributed by atoms with E-state index < -0.39 is 5.97 Å². The predicted molar refractivity (Wildman–Crippen MR) is 75.8 cm³/mol. The number of rotatable bonds is 6. The third kappa shape index (κ3) is 4.41. The van der Waals surface area contributed by atoms with Crippen molar-refractivity contribution >= 4 is 17.7 Å². The van der Waals surface area contributed by atoms with E-state index in [0.717, 1.165) is 15.8 Å². The lowest BCUT2D eigenvalue weighted by Crippen LogP contribution is -2.13. The van der Waals surface area contributed by atoms with Crippen molar-refractivity contribution in [2.24, 2.45) is 0 Å². The lowest BCUT2D eigenvalue weighted by molar-refractivity contribution is -0.137. The second-order valence-corrected chi connectivity index (χ2v) is 4.67. The van der Waals surface area contributed by atoms with Gasteiger partial charge in [0.1, 0.15) is 6.54 Å². The number of nitrogens with one attached hydrogen (secondary N) is 1. The van der Waals surface area contributed by atoms with E-state index >= 15 is 0 Å². The molecule has 0 saturated heterocycles. The average Bonchev–Trinajstić information content (AvgIpc) is 2.84. The first-order valence-corrected chi connectivity index (χ1v) is 6.51. The number of carbonyl (C=O) groups is 2. The number of carboxylic acid groups (broad SMARTS) is 1. The maximum absolute atomic E-state index is 11.8. The summed E-state index contributed by atoms with van der Waals surface area (Å²) in [6.07, 6.45) is 2.36. The number of hydrogen-bond acceptors (Lipinski definition) is 4. The van der Waals surface area contributed by atoms with Gasteiger partial charge < -0.3 is 10.4 Å². The molecule has 0 fully saturated rings. The van der Waals surface area contributed by atoms with Crippen molar-refractivity contribution in [2.75, 3.05) is 5.32 Å². The van der Waals surface area contributed by atoms with Crippen molar-refractivity contribution < 1.29 is 14.7 Å². The minimum Gasteiger partial charge on any atom is -0.480 e. The first-order chi connectivity index (χ1) is 10.0. The number of aromatic nitrogens is 3. The Kier molecular flexibility index (Phi) is 4.65. The molecule has 1 amide bonds. The highest BCUT2D eigenvalue weighted by atomic mass is 16.4. The maximum Gasteiger partial charge on any atom is 0.325 e. The maximum atomic E-state index is 11.8. The second-order valence-electron chi connectivity index (χ2n) is 4.67. The van der Waals surface area contributed by atoms with Gasteiger partial charge in [0.25, 0.3) is 0 Å². The van der Waals surface area contributed by atoms with Crippen LogP contribution in [0.2, 0.25) is 0 Å². The molecule has 0 atom stereocenters. The first kappa shape index (κ1) is 14.7. The molecule has 7 nitrogen and oxygen atoms in total. The lowest BCUT2D eigenvalue weighted by Gasteiger charge is -2.05. The number of aliphatic carboxylic acids is 1. The monoisotopic (exact) mass is 288 g/mol. The molecule has 2 rings (SSSR count). The Hall–Kier alpha value is -2.70. The normalized spacial score (nSPS) is 10.3. The molecule has 0 aliphatic carbocycles. The number of benzene rings is 1. The van der Waals surface area contributed by atoms with Gasteiger partial charge in [-0.2, -0.15) is 0 Å². The Labute approximate surface area is 121 Å². The van der Waals surface area contributed by atoms with E-state index in [1.165, 1.54) is 6.20 Å². The van der Waals surface area contributed by atoms with Gasteiger partial charge in [0.2, 0.25) is 5.91 Å². The van der Waals surface area contributed by atoms with E-state index in [1.807, 2.05) is 31.2 Å². The second kappa shape index (κ2) is 6.65. The van der Waals surface area contributed by atoms with E-state index in [0.29, 0.717) is 12.8 Å². The van der Waals surface area contributed by atoms with Gasteiger partial charge >= 0.3 is 5.97 Å². The Morgan fingerprint density at radius 1 is 1.33 bits per heavy atom. The number of anilines is 1. The van der Waals surface area contributed by atoms with Gasteiger partial charge in [0, 0.05) is 6.42 Å². The summed E-state index contributed by atoms with van der Waals surface area (Å²) < 4.78 is 1.15. The number of amides is 1. The van der Waals surface area contributed by atoms with Gasteiger partial charge in [0.15, 0.2) is 5.82 Å². The van der Waals surface area contributed by atoms with E-state index in [4.69, 9.17) is 5.11 Å². The average molecular weight is 288 g/mol. The zero-order valence-corrected chi connectivity index (χ0v) is 11.6. The van der Waals surface area contributed by atoms with Crippen molar-refractivity contribution in [3.63, 3.8) is 0 Å². The summed E-state index contributed by atoms with van der Waals surface area (Å²) in [5, 5.41) is 18.5. The molecule has 21 heavy (non-hydrogen) atoms. The van der Waals surface area contributed by atoms with Gasteiger partial charge in [0.05, 0.1) is 6.20 Å². The van der Waals surface area contributed by atoms with Gasteiger partial charge in [-0.25, -0.2) is 4.68 Å². The largest absolute Gasteiger partial charge is 0.480 e. The molecule has 2 aromatic rings. The van der Waals surface area contributed by atoms with Crippen LogP contribution in [0.4, 0.5) is 5.82 Å². The number of hydrogen-bond donors (Lipinski definition) is 2. The van der Waals surface area contributed by atoms with Crippen LogP contribution in [0.3, 0.4) is 0 Å². The highest BCUT2D eigenvalue weighted by molar-refractivity contribution is 5.89. The fourth-order valence-electron chi connectivity index (χ4n) is 1.92. The smallest absolute Gasteiger partial charge is 0.325 e. The minimum absolute atomic E-state index is 0.180. The van der Waals surface area contributed by atoms with E-state index in [9.17, 15) is 9.59 Å². The summed E-state index contributed by atoms with van der Waals surface area (Å²) in [6, 6.07) is 7.90. The van der Waals surface area contributed by atoms with E-state index in [-0.39, 0.29) is 18.3 Å². The van der Waals surface area contributed by atoms with Crippen molar-refractivity contribution in [1.82, 2.24) is 15.0 Å². The molecule has 1 aromatic heterocycles. The molecule has 7 heteroatoms. The Morgan fingerprint density at radius 2 is 2.10 bits per heavy atom. The van der Waals surface area contributed by atoms with Crippen LogP contribution in [0.5, 0.6) is 0 Å². The third-order valence-electron chi connectivity index (χ3n) is 2.99. The summed E-state index contributed by atoms with van der Waals surface area (Å²) in [5.74, 6) is -0.941. The number of carboxylic acids is 1. The van der Waals surface area contributed by atoms with Crippen LogP contribution in [0, 0.1) is 6.92 Å². The highest BCUT2D eigenvalue weighted by Crippen LogP contribution is 2.10. The van der Waals surface area contributed by atoms with Crippen LogP contribution in [0.25, 0.3) is 0 Å². The minimum atomic E-state index is -1.02. The van der Waals surface area contributed by atoms with Crippen LogP contribution >= 0.6 is 0 Å². The van der Waals surface area contributed by atoms with Crippen LogP contribution in [0.1, 0.15) is 17.5 Å². The van der Waals surface area contributed by atoms with E-state index in [1.54, 1.807) is 0 Å². The van der Waals surface area contributed by atoms with Crippen molar-refractivity contribution in [3.05, 3.63) is 41.6 Å². The van der Waals surface area contributed by atoms with Crippen LogP contribution in [-0.2, 0) is 22.6 Å². The molecule has 0 aliphatic heterocycles. The van der Waals surface area contributed by atoms with Crippen molar-refractivity contribution in [1.29, 1.82) is 0 Å². The Bertz CT molecular complexity index is 651. The number of aryl methyl sites for hydroxylation is 2. The molecular weight excluding hydrogens is 272 g/mol. The zero-order chi connectivity index (χ0) is 15.2. The fourth-order valence-corrected chi connectivity index (χ4v) is 1.92. The molecule has 110 valence electrons. The molecule has 0 radical (unpaired) electrons. The molecule has 0 unspecified atom stereocenters. The molecule has 0 spiro atoms. The van der Waals surface area contributed by atoms with Gasteiger partial charge in [-0.3, -0.25) is 9.59 Å². The van der Waals surface area contributed by atoms with Crippen molar-refractivity contribution in [3.8, 4) is 0 Å². The quantitative estimate of drug-likeness (QED) is 0.833. The van der Waals surface area contributed by atoms with Crippen LogP contribution in [-0.4, -0.2) is 32.0 Å². The standard InChI is InChI=1S/C14H16N4O3/c1-10-4-2-3-5-11(10)6-7-13(19)15-12-8-18(17-16-12)9-14(20)21/h2-5,8H,6-7,9H2,1H3,(H,15,19)(H,20,21). The lowest BCUT2D eigenvalue weighted by atomic mass is 10.0. The molecule has 2 N–H and O–H groups in total.